The molecule has 1 aliphatic heterocycles. The summed E-state index contributed by atoms with van der Waals surface area (Å²) in [6.07, 6.45) is 2.49. The zero-order valence-electron chi connectivity index (χ0n) is 10.6. The Labute approximate surface area is 103 Å². The molecule has 0 saturated carbocycles. The van der Waals surface area contributed by atoms with Crippen LogP contribution in [0.3, 0.4) is 0 Å². The Morgan fingerprint density at radius 3 is 2.82 bits per heavy atom. The molecule has 94 valence electrons. The Hall–Kier alpha value is -1.09. The lowest BCUT2D eigenvalue weighted by Crippen LogP contribution is -2.40. The first-order valence-corrected chi connectivity index (χ1v) is 6.34. The smallest absolute Gasteiger partial charge is 0.129 e. The fraction of sp³-hybridized carbons (Fsp3) is 0.571. The van der Waals surface area contributed by atoms with E-state index in [0.717, 1.165) is 12.1 Å². The van der Waals surface area contributed by atoms with E-state index in [0.29, 0.717) is 24.2 Å². The highest BCUT2D eigenvalue weighted by molar-refractivity contribution is 5.40. The molecule has 0 amide bonds. The van der Waals surface area contributed by atoms with Crippen LogP contribution in [0.5, 0.6) is 0 Å². The average Bonchev–Trinajstić information content (AvgIpc) is 2.27. The maximum Gasteiger partial charge on any atom is 0.129 e. The van der Waals surface area contributed by atoms with E-state index < -0.39 is 0 Å². The fourth-order valence-corrected chi connectivity index (χ4v) is 2.51. The molecule has 3 heteroatoms. The van der Waals surface area contributed by atoms with Gasteiger partial charge in [0.1, 0.15) is 5.82 Å². The van der Waals surface area contributed by atoms with Gasteiger partial charge in [0.25, 0.3) is 0 Å². The van der Waals surface area contributed by atoms with Gasteiger partial charge < -0.3 is 5.73 Å². The van der Waals surface area contributed by atoms with Gasteiger partial charge in [0.15, 0.2) is 0 Å². The number of nitrogen functional groups attached to an aromatic ring is 1. The van der Waals surface area contributed by atoms with Gasteiger partial charge >= 0.3 is 0 Å². The number of hydrogen-bond acceptors (Lipinski definition) is 2. The van der Waals surface area contributed by atoms with Crippen molar-refractivity contribution in [1.29, 1.82) is 0 Å². The first kappa shape index (κ1) is 12.4. The standard InChI is InChI=1S/C14H21FN2/c1-10-3-4-11(2)17(8-10)9-12-5-6-13(16)7-14(12)15/h5-7,10-11H,3-4,8-9,16H2,1-2H3. The van der Waals surface area contributed by atoms with Crippen molar-refractivity contribution in [3.05, 3.63) is 29.6 Å². The van der Waals surface area contributed by atoms with E-state index in [9.17, 15) is 4.39 Å². The largest absolute Gasteiger partial charge is 0.399 e. The summed E-state index contributed by atoms with van der Waals surface area (Å²) >= 11 is 0. The van der Waals surface area contributed by atoms with Crippen molar-refractivity contribution in [2.24, 2.45) is 5.92 Å². The summed E-state index contributed by atoms with van der Waals surface area (Å²) in [4.78, 5) is 2.36. The van der Waals surface area contributed by atoms with Gasteiger partial charge in [-0.15, -0.1) is 0 Å². The quantitative estimate of drug-likeness (QED) is 0.800. The van der Waals surface area contributed by atoms with E-state index in [-0.39, 0.29) is 5.82 Å². The first-order chi connectivity index (χ1) is 8.06. The second-order valence-electron chi connectivity index (χ2n) is 5.31. The highest BCUT2D eigenvalue weighted by Gasteiger charge is 2.23. The van der Waals surface area contributed by atoms with Gasteiger partial charge in [-0.25, -0.2) is 4.39 Å². The first-order valence-electron chi connectivity index (χ1n) is 6.34. The summed E-state index contributed by atoms with van der Waals surface area (Å²) in [6, 6.07) is 5.53. The number of nitrogens with two attached hydrogens (primary N) is 1. The predicted octanol–water partition coefficient (Wildman–Crippen LogP) is 3.03. The van der Waals surface area contributed by atoms with Gasteiger partial charge in [-0.3, -0.25) is 4.90 Å². The molecule has 2 rings (SSSR count). The van der Waals surface area contributed by atoms with Crippen LogP contribution in [0.2, 0.25) is 0 Å². The summed E-state index contributed by atoms with van der Waals surface area (Å²) in [5, 5.41) is 0. The van der Waals surface area contributed by atoms with Crippen LogP contribution >= 0.6 is 0 Å². The van der Waals surface area contributed by atoms with Crippen molar-refractivity contribution in [1.82, 2.24) is 4.90 Å². The van der Waals surface area contributed by atoms with Crippen LogP contribution in [0.4, 0.5) is 10.1 Å². The molecule has 2 unspecified atom stereocenters. The van der Waals surface area contributed by atoms with Crippen molar-refractivity contribution in [2.45, 2.75) is 39.3 Å². The number of piperidine rings is 1. The Kier molecular flexibility index (Phi) is 3.67. The molecule has 0 radical (unpaired) electrons. The summed E-state index contributed by atoms with van der Waals surface area (Å²) in [5.74, 6) is 0.526. The molecule has 2 atom stereocenters. The molecule has 2 nitrogen and oxygen atoms in total. The van der Waals surface area contributed by atoms with Gasteiger partial charge in [-0.05, 0) is 37.8 Å². The third kappa shape index (κ3) is 2.97. The van der Waals surface area contributed by atoms with Crippen LogP contribution in [0.1, 0.15) is 32.3 Å². The summed E-state index contributed by atoms with van der Waals surface area (Å²) < 4.78 is 13.7. The molecule has 0 bridgehead atoms. The molecular weight excluding hydrogens is 215 g/mol. The lowest BCUT2D eigenvalue weighted by atomic mass is 9.94. The van der Waals surface area contributed by atoms with Crippen LogP contribution in [0, 0.1) is 11.7 Å². The number of likely N-dealkylation sites (tertiary alicyclic amines) is 1. The second kappa shape index (κ2) is 5.05. The van der Waals surface area contributed by atoms with Gasteiger partial charge in [-0.1, -0.05) is 13.0 Å². The van der Waals surface area contributed by atoms with E-state index in [1.807, 2.05) is 0 Å². The maximum absolute atomic E-state index is 13.7. The molecular formula is C14H21FN2. The molecule has 2 N–H and O–H groups in total. The third-order valence-electron chi connectivity index (χ3n) is 3.70. The molecule has 0 spiro atoms. The minimum atomic E-state index is -0.185. The van der Waals surface area contributed by atoms with Crippen molar-refractivity contribution in [2.75, 3.05) is 12.3 Å². The Balaban J connectivity index is 2.08. The highest BCUT2D eigenvalue weighted by Crippen LogP contribution is 2.24. The summed E-state index contributed by atoms with van der Waals surface area (Å²) in [5.41, 5.74) is 6.80. The molecule has 1 saturated heterocycles. The third-order valence-corrected chi connectivity index (χ3v) is 3.70. The number of halogens is 1. The van der Waals surface area contributed by atoms with E-state index in [4.69, 9.17) is 5.73 Å². The molecule has 1 aliphatic rings. The SMILES string of the molecule is CC1CCC(C)N(Cc2ccc(N)cc2F)C1. The van der Waals surface area contributed by atoms with Crippen molar-refractivity contribution in [3.8, 4) is 0 Å². The molecule has 1 heterocycles. The number of hydrogen-bond donors (Lipinski definition) is 1. The Morgan fingerprint density at radius 1 is 1.35 bits per heavy atom. The lowest BCUT2D eigenvalue weighted by molar-refractivity contribution is 0.116. The molecule has 0 aromatic heterocycles. The molecule has 17 heavy (non-hydrogen) atoms. The van der Waals surface area contributed by atoms with Gasteiger partial charge in [0.05, 0.1) is 0 Å². The number of anilines is 1. The number of benzene rings is 1. The maximum atomic E-state index is 13.7. The predicted molar refractivity (Wildman–Crippen MR) is 69.1 cm³/mol. The van der Waals surface area contributed by atoms with E-state index in [1.165, 1.54) is 18.9 Å². The monoisotopic (exact) mass is 236 g/mol. The van der Waals surface area contributed by atoms with E-state index in [1.54, 1.807) is 12.1 Å². The molecule has 1 aromatic carbocycles. The van der Waals surface area contributed by atoms with E-state index in [2.05, 4.69) is 18.7 Å². The van der Waals surface area contributed by atoms with Crippen molar-refractivity contribution >= 4 is 5.69 Å². The normalized spacial score (nSPS) is 26.1. The fourth-order valence-electron chi connectivity index (χ4n) is 2.51. The zero-order chi connectivity index (χ0) is 12.4. The minimum absolute atomic E-state index is 0.185. The second-order valence-corrected chi connectivity index (χ2v) is 5.31. The van der Waals surface area contributed by atoms with Crippen LogP contribution in [-0.4, -0.2) is 17.5 Å². The molecule has 1 fully saturated rings. The molecule has 0 aliphatic carbocycles. The van der Waals surface area contributed by atoms with Gasteiger partial charge in [-0.2, -0.15) is 0 Å². The van der Waals surface area contributed by atoms with Crippen molar-refractivity contribution < 1.29 is 4.39 Å². The van der Waals surface area contributed by atoms with Crippen LogP contribution in [-0.2, 0) is 6.54 Å². The Morgan fingerprint density at radius 2 is 2.12 bits per heavy atom. The van der Waals surface area contributed by atoms with Crippen LogP contribution in [0.15, 0.2) is 18.2 Å². The lowest BCUT2D eigenvalue weighted by Gasteiger charge is -2.36. The van der Waals surface area contributed by atoms with Crippen LogP contribution < -0.4 is 5.73 Å². The zero-order valence-corrected chi connectivity index (χ0v) is 10.6. The van der Waals surface area contributed by atoms with Gasteiger partial charge in [0.2, 0.25) is 0 Å². The Bertz CT molecular complexity index is 392. The summed E-state index contributed by atoms with van der Waals surface area (Å²) in [7, 11) is 0. The van der Waals surface area contributed by atoms with Crippen molar-refractivity contribution in [3.63, 3.8) is 0 Å². The van der Waals surface area contributed by atoms with Gasteiger partial charge in [0, 0.05) is 30.4 Å². The average molecular weight is 236 g/mol. The number of nitrogens with zero attached hydrogens (tertiary/aromatic N) is 1. The minimum Gasteiger partial charge on any atom is -0.399 e. The number of rotatable bonds is 2. The highest BCUT2D eigenvalue weighted by atomic mass is 19.1. The molecule has 1 aromatic rings. The van der Waals surface area contributed by atoms with Crippen LogP contribution in [0.25, 0.3) is 0 Å². The van der Waals surface area contributed by atoms with E-state index >= 15 is 0 Å². The topological polar surface area (TPSA) is 29.3 Å². The summed E-state index contributed by atoms with van der Waals surface area (Å²) in [6.45, 7) is 6.24.